The molecule has 0 atom stereocenters. The fourth-order valence-electron chi connectivity index (χ4n) is 3.27. The predicted octanol–water partition coefficient (Wildman–Crippen LogP) is 3.01. The van der Waals surface area contributed by atoms with Crippen LogP contribution in [0.15, 0.2) is 48.5 Å². The number of hydrogen-bond acceptors (Lipinski definition) is 2. The summed E-state index contributed by atoms with van der Waals surface area (Å²) in [5.41, 5.74) is 1.99. The van der Waals surface area contributed by atoms with Crippen LogP contribution >= 0.6 is 0 Å². The Morgan fingerprint density at radius 3 is 1.86 bits per heavy atom. The Labute approximate surface area is 129 Å². The lowest BCUT2D eigenvalue weighted by molar-refractivity contribution is 0.157. The van der Waals surface area contributed by atoms with Gasteiger partial charge in [0.25, 0.3) is 0 Å². The van der Waals surface area contributed by atoms with Crippen molar-refractivity contribution in [2.75, 3.05) is 33.2 Å². The Hall–Kier alpha value is -2.33. The Morgan fingerprint density at radius 1 is 0.818 bits per heavy atom. The predicted molar refractivity (Wildman–Crippen MR) is 89.3 cm³/mol. The molecule has 1 aromatic heterocycles. The fraction of sp³-hybridized carbons (Fsp3) is 0.278. The van der Waals surface area contributed by atoms with Crippen molar-refractivity contribution in [2.24, 2.45) is 0 Å². The van der Waals surface area contributed by atoms with Crippen molar-refractivity contribution >= 4 is 27.8 Å². The van der Waals surface area contributed by atoms with Crippen LogP contribution in [0.1, 0.15) is 0 Å². The first kappa shape index (κ1) is 13.3. The Kier molecular flexibility index (Phi) is 3.12. The molecule has 1 amide bonds. The maximum atomic E-state index is 13.1. The smallest absolute Gasteiger partial charge is 0.321 e. The molecule has 4 rings (SSSR count). The molecule has 4 heteroatoms. The molecular formula is C18H19N3O. The number of aromatic nitrogens is 1. The summed E-state index contributed by atoms with van der Waals surface area (Å²) in [6.45, 7) is 3.44. The SMILES string of the molecule is CN1CCN(C(=O)n2c3ccccc3c3ccccc32)CC1. The van der Waals surface area contributed by atoms with Gasteiger partial charge in [-0.05, 0) is 19.2 Å². The van der Waals surface area contributed by atoms with Crippen LogP contribution in [0, 0.1) is 0 Å². The summed E-state index contributed by atoms with van der Waals surface area (Å²) in [6, 6.07) is 16.4. The van der Waals surface area contributed by atoms with E-state index in [2.05, 4.69) is 24.1 Å². The van der Waals surface area contributed by atoms with Crippen molar-refractivity contribution < 1.29 is 4.79 Å². The van der Waals surface area contributed by atoms with Crippen LogP contribution in [-0.2, 0) is 0 Å². The number of benzene rings is 2. The zero-order valence-corrected chi connectivity index (χ0v) is 12.7. The maximum absolute atomic E-state index is 13.1. The fourth-order valence-corrected chi connectivity index (χ4v) is 3.27. The minimum absolute atomic E-state index is 0.0884. The van der Waals surface area contributed by atoms with Gasteiger partial charge in [-0.3, -0.25) is 4.57 Å². The highest BCUT2D eigenvalue weighted by molar-refractivity contribution is 6.13. The number of carbonyl (C=O) groups excluding carboxylic acids is 1. The van der Waals surface area contributed by atoms with E-state index in [1.165, 1.54) is 0 Å². The summed E-state index contributed by atoms with van der Waals surface area (Å²) < 4.78 is 1.87. The molecule has 0 unspecified atom stereocenters. The van der Waals surface area contributed by atoms with Gasteiger partial charge >= 0.3 is 6.03 Å². The molecule has 0 bridgehead atoms. The number of para-hydroxylation sites is 2. The molecule has 0 N–H and O–H groups in total. The number of piperazine rings is 1. The van der Waals surface area contributed by atoms with Crippen LogP contribution in [0.25, 0.3) is 21.8 Å². The standard InChI is InChI=1S/C18H19N3O/c1-19-10-12-20(13-11-19)18(22)21-16-8-4-2-6-14(16)15-7-3-5-9-17(15)21/h2-9H,10-13H2,1H3. The normalized spacial score (nSPS) is 16.5. The van der Waals surface area contributed by atoms with Crippen LogP contribution in [0.3, 0.4) is 0 Å². The number of fused-ring (bicyclic) bond motifs is 3. The van der Waals surface area contributed by atoms with Gasteiger partial charge in [-0.25, -0.2) is 4.79 Å². The molecule has 1 saturated heterocycles. The largest absolute Gasteiger partial charge is 0.329 e. The third-order valence-corrected chi connectivity index (χ3v) is 4.55. The van der Waals surface area contributed by atoms with Gasteiger partial charge < -0.3 is 9.80 Å². The average molecular weight is 293 g/mol. The van der Waals surface area contributed by atoms with Crippen LogP contribution in [0.5, 0.6) is 0 Å². The second-order valence-corrected chi connectivity index (χ2v) is 5.94. The number of amides is 1. The summed E-state index contributed by atoms with van der Waals surface area (Å²) >= 11 is 0. The minimum atomic E-state index is 0.0884. The molecule has 0 saturated carbocycles. The van der Waals surface area contributed by atoms with Gasteiger partial charge in [-0.15, -0.1) is 0 Å². The number of likely N-dealkylation sites (N-methyl/N-ethyl adjacent to an activating group) is 1. The molecule has 2 aromatic carbocycles. The van der Waals surface area contributed by atoms with Gasteiger partial charge in [0.2, 0.25) is 0 Å². The molecule has 3 aromatic rings. The van der Waals surface area contributed by atoms with E-state index >= 15 is 0 Å². The zero-order valence-electron chi connectivity index (χ0n) is 12.7. The van der Waals surface area contributed by atoms with E-state index in [1.54, 1.807) is 0 Å². The summed E-state index contributed by atoms with van der Waals surface area (Å²) in [5.74, 6) is 0. The van der Waals surface area contributed by atoms with Crippen LogP contribution < -0.4 is 0 Å². The first-order chi connectivity index (χ1) is 10.8. The number of rotatable bonds is 0. The Morgan fingerprint density at radius 2 is 1.32 bits per heavy atom. The van der Waals surface area contributed by atoms with Gasteiger partial charge in [0.05, 0.1) is 11.0 Å². The van der Waals surface area contributed by atoms with Gasteiger partial charge in [-0.2, -0.15) is 0 Å². The Balaban J connectivity index is 1.87. The van der Waals surface area contributed by atoms with Gasteiger partial charge in [0, 0.05) is 37.0 Å². The van der Waals surface area contributed by atoms with E-state index in [4.69, 9.17) is 0 Å². The van der Waals surface area contributed by atoms with E-state index in [0.29, 0.717) is 0 Å². The highest BCUT2D eigenvalue weighted by Crippen LogP contribution is 2.29. The van der Waals surface area contributed by atoms with Crippen molar-refractivity contribution in [3.63, 3.8) is 0 Å². The number of hydrogen-bond donors (Lipinski definition) is 0. The molecule has 4 nitrogen and oxygen atoms in total. The first-order valence-corrected chi connectivity index (χ1v) is 7.72. The van der Waals surface area contributed by atoms with Crippen molar-refractivity contribution in [3.8, 4) is 0 Å². The third kappa shape index (κ3) is 1.99. The lowest BCUT2D eigenvalue weighted by atomic mass is 10.2. The van der Waals surface area contributed by atoms with E-state index in [9.17, 15) is 4.79 Å². The van der Waals surface area contributed by atoms with E-state index in [0.717, 1.165) is 48.0 Å². The minimum Gasteiger partial charge on any atom is -0.321 e. The number of nitrogens with zero attached hydrogens (tertiary/aromatic N) is 3. The molecule has 22 heavy (non-hydrogen) atoms. The molecule has 0 radical (unpaired) electrons. The molecule has 1 fully saturated rings. The highest BCUT2D eigenvalue weighted by Gasteiger charge is 2.23. The maximum Gasteiger partial charge on any atom is 0.329 e. The molecular weight excluding hydrogens is 274 g/mol. The summed E-state index contributed by atoms with van der Waals surface area (Å²) in [6.07, 6.45) is 0. The summed E-state index contributed by atoms with van der Waals surface area (Å²) in [7, 11) is 2.10. The van der Waals surface area contributed by atoms with Crippen molar-refractivity contribution in [1.29, 1.82) is 0 Å². The van der Waals surface area contributed by atoms with Crippen molar-refractivity contribution in [1.82, 2.24) is 14.4 Å². The second kappa shape index (κ2) is 5.14. The lowest BCUT2D eigenvalue weighted by Gasteiger charge is -2.32. The third-order valence-electron chi connectivity index (χ3n) is 4.55. The van der Waals surface area contributed by atoms with Crippen LogP contribution in [0.4, 0.5) is 4.79 Å². The van der Waals surface area contributed by atoms with Gasteiger partial charge in [0.1, 0.15) is 0 Å². The summed E-state index contributed by atoms with van der Waals surface area (Å²) in [5, 5.41) is 2.28. The van der Waals surface area contributed by atoms with Crippen molar-refractivity contribution in [3.05, 3.63) is 48.5 Å². The van der Waals surface area contributed by atoms with E-state index < -0.39 is 0 Å². The molecule has 112 valence electrons. The van der Waals surface area contributed by atoms with Gasteiger partial charge in [0.15, 0.2) is 0 Å². The summed E-state index contributed by atoms with van der Waals surface area (Å²) in [4.78, 5) is 17.3. The average Bonchev–Trinajstić information content (AvgIpc) is 2.89. The molecule has 0 aliphatic carbocycles. The van der Waals surface area contributed by atoms with Gasteiger partial charge in [-0.1, -0.05) is 36.4 Å². The molecule has 1 aliphatic heterocycles. The van der Waals surface area contributed by atoms with Crippen LogP contribution in [-0.4, -0.2) is 53.6 Å². The topological polar surface area (TPSA) is 28.5 Å². The quantitative estimate of drug-likeness (QED) is 0.637. The first-order valence-electron chi connectivity index (χ1n) is 7.72. The lowest BCUT2D eigenvalue weighted by Crippen LogP contribution is -2.48. The molecule has 1 aliphatic rings. The monoisotopic (exact) mass is 293 g/mol. The van der Waals surface area contributed by atoms with E-state index in [1.807, 2.05) is 45.9 Å². The zero-order chi connectivity index (χ0) is 15.1. The van der Waals surface area contributed by atoms with E-state index in [-0.39, 0.29) is 6.03 Å². The van der Waals surface area contributed by atoms with Crippen LogP contribution in [0.2, 0.25) is 0 Å². The Bertz CT molecular complexity index is 791. The second-order valence-electron chi connectivity index (χ2n) is 5.94. The highest BCUT2D eigenvalue weighted by atomic mass is 16.2. The number of carbonyl (C=O) groups is 1. The molecule has 2 heterocycles. The molecule has 0 spiro atoms. The van der Waals surface area contributed by atoms with Crippen molar-refractivity contribution in [2.45, 2.75) is 0 Å².